The van der Waals surface area contributed by atoms with Crippen LogP contribution in [0.5, 0.6) is 0 Å². The number of esters is 1. The molecule has 0 aromatic heterocycles. The number of allylic oxidation sites excluding steroid dienone is 2. The summed E-state index contributed by atoms with van der Waals surface area (Å²) in [6.07, 6.45) is 15.4. The quantitative estimate of drug-likeness (QED) is 0.426. The summed E-state index contributed by atoms with van der Waals surface area (Å²) in [4.78, 5) is 12.6. The number of fused-ring (bicyclic) bond motifs is 9. The van der Waals surface area contributed by atoms with E-state index in [1.165, 1.54) is 32.1 Å². The standard InChI is InChI=1S/C21H30O2/c1-2-21(7-3-4-8-21)23-18(22)12-15-10-16-11-17(15)20-14-6-5-13(9-14)19(16)20/h5-6,13-17,19-20H,2-4,7-12H2,1H3. The molecule has 0 radical (unpaired) electrons. The molecule has 4 bridgehead atoms. The number of carbonyl (C=O) groups is 1. The number of carbonyl (C=O) groups excluding carboxylic acids is 1. The maximum Gasteiger partial charge on any atom is 0.306 e. The highest BCUT2D eigenvalue weighted by Crippen LogP contribution is 2.67. The first-order chi connectivity index (χ1) is 11.2. The highest BCUT2D eigenvalue weighted by atomic mass is 16.6. The first kappa shape index (κ1) is 14.5. The van der Waals surface area contributed by atoms with Gasteiger partial charge in [0.2, 0.25) is 0 Å². The smallest absolute Gasteiger partial charge is 0.306 e. The van der Waals surface area contributed by atoms with Crippen molar-refractivity contribution in [2.75, 3.05) is 0 Å². The zero-order valence-corrected chi connectivity index (χ0v) is 14.4. The van der Waals surface area contributed by atoms with E-state index < -0.39 is 0 Å². The normalized spacial score (nSPS) is 48.1. The van der Waals surface area contributed by atoms with Crippen LogP contribution in [0.3, 0.4) is 0 Å². The Balaban J connectivity index is 1.24. The summed E-state index contributed by atoms with van der Waals surface area (Å²) in [5.74, 6) is 6.07. The van der Waals surface area contributed by atoms with Crippen LogP contribution in [-0.2, 0) is 9.53 Å². The predicted molar refractivity (Wildman–Crippen MR) is 89.6 cm³/mol. The van der Waals surface area contributed by atoms with Gasteiger partial charge in [0.1, 0.15) is 5.60 Å². The molecule has 0 spiro atoms. The molecule has 0 aliphatic heterocycles. The minimum absolute atomic E-state index is 0.105. The lowest BCUT2D eigenvalue weighted by molar-refractivity contribution is -0.161. The lowest BCUT2D eigenvalue weighted by Crippen LogP contribution is -2.35. The van der Waals surface area contributed by atoms with Crippen LogP contribution in [0.2, 0.25) is 0 Å². The van der Waals surface area contributed by atoms with Gasteiger partial charge in [-0.15, -0.1) is 0 Å². The molecule has 0 aromatic carbocycles. The van der Waals surface area contributed by atoms with Crippen LogP contribution >= 0.6 is 0 Å². The fraction of sp³-hybridized carbons (Fsp3) is 0.857. The molecule has 4 fully saturated rings. The molecule has 126 valence electrons. The molecule has 2 heteroatoms. The third-order valence-corrected chi connectivity index (χ3v) is 8.33. The van der Waals surface area contributed by atoms with E-state index in [0.29, 0.717) is 12.3 Å². The highest BCUT2D eigenvalue weighted by Gasteiger charge is 2.61. The Kier molecular flexibility index (Phi) is 3.23. The van der Waals surface area contributed by atoms with Gasteiger partial charge in [-0.1, -0.05) is 19.1 Å². The fourth-order valence-corrected chi connectivity index (χ4v) is 7.43. The lowest BCUT2D eigenvalue weighted by Gasteiger charge is -2.37. The second-order valence-corrected chi connectivity index (χ2v) is 9.18. The molecule has 0 N–H and O–H groups in total. The van der Waals surface area contributed by atoms with Gasteiger partial charge in [0.25, 0.3) is 0 Å². The maximum atomic E-state index is 12.6. The van der Waals surface area contributed by atoms with Crippen molar-refractivity contribution in [3.8, 4) is 0 Å². The van der Waals surface area contributed by atoms with Crippen LogP contribution in [0.15, 0.2) is 12.2 Å². The molecule has 0 heterocycles. The first-order valence-corrected chi connectivity index (χ1v) is 10.1. The van der Waals surface area contributed by atoms with E-state index in [2.05, 4.69) is 19.1 Å². The van der Waals surface area contributed by atoms with Crippen LogP contribution < -0.4 is 0 Å². The molecule has 4 saturated carbocycles. The van der Waals surface area contributed by atoms with E-state index in [-0.39, 0.29) is 11.6 Å². The van der Waals surface area contributed by atoms with Crippen LogP contribution in [0, 0.1) is 41.4 Å². The van der Waals surface area contributed by atoms with Crippen molar-refractivity contribution < 1.29 is 9.53 Å². The molecule has 0 amide bonds. The molecule has 7 atom stereocenters. The predicted octanol–water partition coefficient (Wildman–Crippen LogP) is 4.74. The zero-order chi connectivity index (χ0) is 15.6. The van der Waals surface area contributed by atoms with E-state index >= 15 is 0 Å². The van der Waals surface area contributed by atoms with Crippen molar-refractivity contribution in [3.05, 3.63) is 12.2 Å². The van der Waals surface area contributed by atoms with Crippen molar-refractivity contribution in [3.63, 3.8) is 0 Å². The van der Waals surface area contributed by atoms with Crippen molar-refractivity contribution in [2.24, 2.45) is 41.4 Å². The van der Waals surface area contributed by atoms with Gasteiger partial charge in [-0.2, -0.15) is 0 Å². The Morgan fingerprint density at radius 2 is 1.83 bits per heavy atom. The maximum absolute atomic E-state index is 12.6. The summed E-state index contributed by atoms with van der Waals surface area (Å²) in [7, 11) is 0. The van der Waals surface area contributed by atoms with Gasteiger partial charge in [-0.05, 0) is 92.8 Å². The highest BCUT2D eigenvalue weighted by molar-refractivity contribution is 5.70. The van der Waals surface area contributed by atoms with Crippen molar-refractivity contribution >= 4 is 5.97 Å². The number of hydrogen-bond acceptors (Lipinski definition) is 2. The summed E-state index contributed by atoms with van der Waals surface area (Å²) in [5.41, 5.74) is -0.105. The van der Waals surface area contributed by atoms with E-state index in [0.717, 1.165) is 54.8 Å². The first-order valence-electron chi connectivity index (χ1n) is 10.1. The summed E-state index contributed by atoms with van der Waals surface area (Å²) < 4.78 is 6.04. The minimum Gasteiger partial charge on any atom is -0.459 e. The molecular weight excluding hydrogens is 284 g/mol. The second-order valence-electron chi connectivity index (χ2n) is 9.18. The third-order valence-electron chi connectivity index (χ3n) is 8.33. The van der Waals surface area contributed by atoms with Crippen LogP contribution in [0.4, 0.5) is 0 Å². The van der Waals surface area contributed by atoms with Crippen molar-refractivity contribution in [1.82, 2.24) is 0 Å². The fourth-order valence-electron chi connectivity index (χ4n) is 7.43. The van der Waals surface area contributed by atoms with Gasteiger partial charge in [0.15, 0.2) is 0 Å². The monoisotopic (exact) mass is 314 g/mol. The minimum atomic E-state index is -0.105. The average molecular weight is 314 g/mol. The van der Waals surface area contributed by atoms with E-state index in [9.17, 15) is 4.79 Å². The molecule has 5 rings (SSSR count). The molecule has 0 aromatic rings. The van der Waals surface area contributed by atoms with Crippen LogP contribution in [0.1, 0.15) is 64.7 Å². The van der Waals surface area contributed by atoms with Crippen LogP contribution in [-0.4, -0.2) is 11.6 Å². The SMILES string of the molecule is CCC1(OC(=O)CC2CC3CC2C2C4C=CC(C4)C32)CCCC1. The van der Waals surface area contributed by atoms with Gasteiger partial charge >= 0.3 is 5.97 Å². The molecular formula is C21H30O2. The van der Waals surface area contributed by atoms with Crippen molar-refractivity contribution in [1.29, 1.82) is 0 Å². The van der Waals surface area contributed by atoms with Gasteiger partial charge in [-0.25, -0.2) is 0 Å². The Morgan fingerprint density at radius 1 is 1.09 bits per heavy atom. The largest absolute Gasteiger partial charge is 0.459 e. The molecule has 7 unspecified atom stereocenters. The van der Waals surface area contributed by atoms with Gasteiger partial charge in [-0.3, -0.25) is 4.79 Å². The summed E-state index contributed by atoms with van der Waals surface area (Å²) in [6.45, 7) is 2.18. The molecule has 0 saturated heterocycles. The Hall–Kier alpha value is -0.790. The molecule has 2 nitrogen and oxygen atoms in total. The molecule has 5 aliphatic carbocycles. The topological polar surface area (TPSA) is 26.3 Å². The van der Waals surface area contributed by atoms with E-state index in [4.69, 9.17) is 4.74 Å². The lowest BCUT2D eigenvalue weighted by atomic mass is 9.69. The number of hydrogen-bond donors (Lipinski definition) is 0. The van der Waals surface area contributed by atoms with Gasteiger partial charge in [0.05, 0.1) is 0 Å². The Bertz CT molecular complexity index is 530. The number of rotatable bonds is 4. The van der Waals surface area contributed by atoms with E-state index in [1.54, 1.807) is 0 Å². The Morgan fingerprint density at radius 3 is 2.57 bits per heavy atom. The second kappa shape index (κ2) is 5.10. The van der Waals surface area contributed by atoms with Gasteiger partial charge < -0.3 is 4.74 Å². The summed E-state index contributed by atoms with van der Waals surface area (Å²) in [5, 5.41) is 0. The van der Waals surface area contributed by atoms with Crippen LogP contribution in [0.25, 0.3) is 0 Å². The third kappa shape index (κ3) is 2.09. The zero-order valence-electron chi connectivity index (χ0n) is 14.4. The summed E-state index contributed by atoms with van der Waals surface area (Å²) >= 11 is 0. The molecule has 23 heavy (non-hydrogen) atoms. The van der Waals surface area contributed by atoms with E-state index in [1.807, 2.05) is 0 Å². The average Bonchev–Trinajstić information content (AvgIpc) is 3.32. The summed E-state index contributed by atoms with van der Waals surface area (Å²) in [6, 6.07) is 0. The van der Waals surface area contributed by atoms with Gasteiger partial charge in [0, 0.05) is 6.42 Å². The number of ether oxygens (including phenoxy) is 1. The Labute approximate surface area is 140 Å². The molecule has 5 aliphatic rings. The van der Waals surface area contributed by atoms with Crippen molar-refractivity contribution in [2.45, 2.75) is 70.3 Å².